The molecule has 0 saturated heterocycles. The summed E-state index contributed by atoms with van der Waals surface area (Å²) in [4.78, 5) is 0. The Balaban J connectivity index is 2.05. The molecule has 0 unspecified atom stereocenters. The first-order valence-corrected chi connectivity index (χ1v) is 8.48. The number of benzene rings is 1. The molecule has 0 aliphatic heterocycles. The average molecular weight is 271 g/mol. The van der Waals surface area contributed by atoms with Crippen LogP contribution in [-0.2, 0) is 12.8 Å². The quantitative estimate of drug-likeness (QED) is 0.392. The molecule has 0 N–H and O–H groups in total. The average Bonchev–Trinajstić information content (AvgIpc) is 2.49. The van der Waals surface area contributed by atoms with Crippen molar-refractivity contribution < 1.29 is 0 Å². The van der Waals surface area contributed by atoms with Crippen molar-refractivity contribution in [1.82, 2.24) is 0 Å². The molecule has 0 amide bonds. The lowest BCUT2D eigenvalue weighted by Crippen LogP contribution is -1.89. The summed E-state index contributed by atoms with van der Waals surface area (Å²) in [7, 11) is 0. The molecule has 1 aromatic carbocycles. The predicted octanol–water partition coefficient (Wildman–Crippen LogP) is 6.29. The molecule has 0 spiro atoms. The number of allylic oxidation sites excluding steroid dienone is 1. The van der Waals surface area contributed by atoms with Crippen molar-refractivity contribution in [2.75, 3.05) is 0 Å². The highest BCUT2D eigenvalue weighted by molar-refractivity contribution is 5.22. The summed E-state index contributed by atoms with van der Waals surface area (Å²) in [6.45, 7) is 7.69. The number of hydrogen-bond acceptors (Lipinski definition) is 0. The minimum Gasteiger partial charge on any atom is -0.0842 e. The number of hydrogen-bond donors (Lipinski definition) is 0. The second kappa shape index (κ2) is 11.8. The fourth-order valence-electron chi connectivity index (χ4n) is 2.59. The van der Waals surface area contributed by atoms with Gasteiger partial charge in [-0.15, -0.1) is 0 Å². The van der Waals surface area contributed by atoms with Crippen LogP contribution in [0.4, 0.5) is 0 Å². The van der Waals surface area contributed by atoms with E-state index in [0.717, 1.165) is 12.8 Å². The summed E-state index contributed by atoms with van der Waals surface area (Å²) >= 11 is 0. The highest BCUT2D eigenvalue weighted by Crippen LogP contribution is 2.12. The van der Waals surface area contributed by atoms with Gasteiger partial charge in [-0.25, -0.2) is 0 Å². The Bertz CT molecular complexity index is 334. The maximum Gasteiger partial charge on any atom is -0.0244 e. The fraction of sp³-hybridized carbons (Fsp3) is 0.600. The molecule has 0 heteroatoms. The third kappa shape index (κ3) is 8.19. The molecule has 1 rings (SSSR count). The first-order chi connectivity index (χ1) is 9.86. The molecule has 20 heavy (non-hydrogen) atoms. The Hall–Kier alpha value is -1.04. The highest BCUT2D eigenvalue weighted by Gasteiger charge is 1.96. The van der Waals surface area contributed by atoms with Crippen molar-refractivity contribution >= 4 is 0 Å². The maximum atomic E-state index is 5.41. The van der Waals surface area contributed by atoms with Crippen LogP contribution in [0.5, 0.6) is 0 Å². The lowest BCUT2D eigenvalue weighted by atomic mass is 10.0. The summed E-state index contributed by atoms with van der Waals surface area (Å²) in [5.74, 6) is 0. The van der Waals surface area contributed by atoms with Gasteiger partial charge in [0.05, 0.1) is 0 Å². The lowest BCUT2D eigenvalue weighted by molar-refractivity contribution is 0.575. The summed E-state index contributed by atoms with van der Waals surface area (Å²) in [6, 6.07) is 9.08. The van der Waals surface area contributed by atoms with Crippen molar-refractivity contribution in [2.45, 2.75) is 77.6 Å². The monoisotopic (exact) mass is 271 g/mol. The smallest absolute Gasteiger partial charge is 0.0244 e. The number of aryl methyl sites for hydroxylation is 2. The van der Waals surface area contributed by atoms with Gasteiger partial charge >= 0.3 is 0 Å². The molecule has 0 atom stereocenters. The fourth-order valence-corrected chi connectivity index (χ4v) is 2.59. The van der Waals surface area contributed by atoms with Gasteiger partial charge in [0.2, 0.25) is 0 Å². The van der Waals surface area contributed by atoms with Gasteiger partial charge < -0.3 is 0 Å². The third-order valence-corrected chi connectivity index (χ3v) is 3.94. The van der Waals surface area contributed by atoms with Crippen molar-refractivity contribution in [3.63, 3.8) is 0 Å². The van der Waals surface area contributed by atoms with E-state index in [-0.39, 0.29) is 0 Å². The summed E-state index contributed by atoms with van der Waals surface area (Å²) < 4.78 is 0. The summed E-state index contributed by atoms with van der Waals surface area (Å²) in [5.41, 5.74) is 2.88. The van der Waals surface area contributed by atoms with E-state index in [1.54, 1.807) is 6.08 Å². The van der Waals surface area contributed by atoms with Gasteiger partial charge in [0, 0.05) is 0 Å². The van der Waals surface area contributed by atoms with E-state index in [1.165, 1.54) is 68.9 Å². The highest BCUT2D eigenvalue weighted by atomic mass is 14.0. The maximum absolute atomic E-state index is 5.41. The molecule has 0 fully saturated rings. The predicted molar refractivity (Wildman–Crippen MR) is 89.9 cm³/mol. The molecular weight excluding hydrogens is 240 g/mol. The number of unbranched alkanes of at least 4 members (excludes halogenated alkanes) is 7. The second-order valence-electron chi connectivity index (χ2n) is 5.82. The molecule has 0 aliphatic carbocycles. The zero-order chi connectivity index (χ0) is 14.5. The van der Waals surface area contributed by atoms with Crippen LogP contribution in [0.3, 0.4) is 0 Å². The molecule has 0 aromatic heterocycles. The summed E-state index contributed by atoms with van der Waals surface area (Å²) in [6.07, 6.45) is 16.2. The van der Waals surface area contributed by atoms with Crippen LogP contribution in [0.25, 0.3) is 0 Å². The first kappa shape index (κ1) is 17.0. The molecule has 0 bridgehead atoms. The van der Waals surface area contributed by atoms with Crippen molar-refractivity contribution in [3.8, 4) is 0 Å². The van der Waals surface area contributed by atoms with E-state index in [9.17, 15) is 0 Å². The summed E-state index contributed by atoms with van der Waals surface area (Å²) in [5, 5.41) is 0. The Labute approximate surface area is 126 Å². The van der Waals surface area contributed by atoms with Gasteiger partial charge in [0.15, 0.2) is 0 Å². The van der Waals surface area contributed by atoms with Crippen LogP contribution in [0.2, 0.25) is 0 Å². The van der Waals surface area contributed by atoms with E-state index in [1.807, 2.05) is 0 Å². The van der Waals surface area contributed by atoms with Crippen LogP contribution >= 0.6 is 0 Å². The van der Waals surface area contributed by atoms with E-state index in [0.29, 0.717) is 0 Å². The lowest BCUT2D eigenvalue weighted by Gasteiger charge is -2.04. The SMILES string of the molecule is [CH]=CCCc1ccc(CCCCCCCCCC)cc1. The Morgan fingerprint density at radius 3 is 1.80 bits per heavy atom. The largest absolute Gasteiger partial charge is 0.0842 e. The standard InChI is InChI=1S/C20H31/c1-3-5-7-8-9-10-11-12-14-20-17-15-19(16-18-20)13-6-4-2/h2,4,15-18H,3,5-14H2,1H3. The van der Waals surface area contributed by atoms with Crippen molar-refractivity contribution in [3.05, 3.63) is 48.0 Å². The van der Waals surface area contributed by atoms with E-state index in [2.05, 4.69) is 31.2 Å². The molecule has 0 heterocycles. The van der Waals surface area contributed by atoms with Crippen molar-refractivity contribution in [2.24, 2.45) is 0 Å². The molecule has 111 valence electrons. The Kier molecular flexibility index (Phi) is 10.0. The first-order valence-electron chi connectivity index (χ1n) is 8.48. The van der Waals surface area contributed by atoms with Crippen molar-refractivity contribution in [1.29, 1.82) is 0 Å². The van der Waals surface area contributed by atoms with Gasteiger partial charge in [0.1, 0.15) is 0 Å². The van der Waals surface area contributed by atoms with E-state index in [4.69, 9.17) is 6.58 Å². The molecule has 0 aliphatic rings. The zero-order valence-electron chi connectivity index (χ0n) is 13.2. The normalized spacial score (nSPS) is 10.7. The molecule has 0 saturated carbocycles. The van der Waals surface area contributed by atoms with Gasteiger partial charge in [-0.3, -0.25) is 0 Å². The Morgan fingerprint density at radius 2 is 1.25 bits per heavy atom. The van der Waals surface area contributed by atoms with Crippen LogP contribution in [0.15, 0.2) is 30.3 Å². The molecule has 0 nitrogen and oxygen atoms in total. The number of rotatable bonds is 12. The van der Waals surface area contributed by atoms with Gasteiger partial charge in [-0.05, 0) is 36.8 Å². The molecular formula is C20H31. The van der Waals surface area contributed by atoms with Gasteiger partial charge in [-0.2, -0.15) is 0 Å². The third-order valence-electron chi connectivity index (χ3n) is 3.94. The van der Waals surface area contributed by atoms with Crippen LogP contribution in [0, 0.1) is 6.58 Å². The van der Waals surface area contributed by atoms with E-state index >= 15 is 0 Å². The van der Waals surface area contributed by atoms with Crippen LogP contribution in [0.1, 0.15) is 75.8 Å². The minimum absolute atomic E-state index is 0.970. The van der Waals surface area contributed by atoms with Gasteiger partial charge in [0.25, 0.3) is 0 Å². The Morgan fingerprint density at radius 1 is 0.750 bits per heavy atom. The zero-order valence-corrected chi connectivity index (χ0v) is 13.2. The second-order valence-corrected chi connectivity index (χ2v) is 5.82. The van der Waals surface area contributed by atoms with Crippen LogP contribution < -0.4 is 0 Å². The van der Waals surface area contributed by atoms with Crippen LogP contribution in [-0.4, -0.2) is 0 Å². The molecule has 1 radical (unpaired) electrons. The van der Waals surface area contributed by atoms with E-state index < -0.39 is 0 Å². The molecule has 1 aromatic rings. The minimum atomic E-state index is 0.970. The van der Waals surface area contributed by atoms with Gasteiger partial charge in [-0.1, -0.05) is 88.8 Å². The topological polar surface area (TPSA) is 0 Å².